The Morgan fingerprint density at radius 2 is 2.05 bits per heavy atom. The Hall–Kier alpha value is -1.49. The van der Waals surface area contributed by atoms with Gasteiger partial charge in [0.05, 0.1) is 15.2 Å². The summed E-state index contributed by atoms with van der Waals surface area (Å²) in [7, 11) is 0.0898. The van der Waals surface area contributed by atoms with Crippen LogP contribution in [0, 0.1) is 0 Å². The Balaban J connectivity index is 2.53. The molecule has 0 radical (unpaired) electrons. The molecule has 0 bridgehead atoms. The predicted molar refractivity (Wildman–Crippen MR) is 81.3 cm³/mol. The van der Waals surface area contributed by atoms with Gasteiger partial charge in [0.15, 0.2) is 0 Å². The molecule has 104 valence electrons. The zero-order valence-electron chi connectivity index (χ0n) is 12.1. The zero-order valence-corrected chi connectivity index (χ0v) is 13.1. The van der Waals surface area contributed by atoms with Crippen LogP contribution in [0.25, 0.3) is 0 Å². The summed E-state index contributed by atoms with van der Waals surface area (Å²) < 4.78 is 5.51. The van der Waals surface area contributed by atoms with E-state index in [4.69, 9.17) is 4.74 Å². The molecule has 5 heteroatoms. The predicted octanol–water partition coefficient (Wildman–Crippen LogP) is 2.16. The van der Waals surface area contributed by atoms with Gasteiger partial charge in [0.1, 0.15) is 5.75 Å². The van der Waals surface area contributed by atoms with Crippen LogP contribution in [-0.4, -0.2) is 34.3 Å². The number of urea groups is 1. The summed E-state index contributed by atoms with van der Waals surface area (Å²) in [6.45, 7) is 8.36. The van der Waals surface area contributed by atoms with Crippen LogP contribution in [0.1, 0.15) is 6.42 Å². The van der Waals surface area contributed by atoms with E-state index >= 15 is 0 Å². The molecule has 1 aliphatic heterocycles. The first-order valence-electron chi connectivity index (χ1n) is 6.68. The molecular weight excluding hydrogens is 256 g/mol. The van der Waals surface area contributed by atoms with Gasteiger partial charge in [-0.05, 0) is 18.6 Å². The van der Waals surface area contributed by atoms with E-state index in [2.05, 4.69) is 25.0 Å². The van der Waals surface area contributed by atoms with E-state index in [0.717, 1.165) is 30.9 Å². The Morgan fingerprint density at radius 1 is 1.32 bits per heavy atom. The molecule has 1 fully saturated rings. The number of nitrogens with one attached hydrogen (secondary N) is 1. The average molecular weight is 278 g/mol. The third kappa shape index (κ3) is 2.76. The van der Waals surface area contributed by atoms with E-state index in [-0.39, 0.29) is 6.03 Å². The topological polar surface area (TPSA) is 41.6 Å². The first kappa shape index (κ1) is 13.9. The summed E-state index contributed by atoms with van der Waals surface area (Å²) in [4.78, 5) is 13.9. The van der Waals surface area contributed by atoms with Crippen LogP contribution < -0.4 is 20.1 Å². The number of carbonyl (C=O) groups excluding carboxylic acids is 1. The molecule has 1 heterocycles. The third-order valence-electron chi connectivity index (χ3n) is 3.34. The van der Waals surface area contributed by atoms with Gasteiger partial charge in [0, 0.05) is 24.0 Å². The quantitative estimate of drug-likeness (QED) is 0.861. The molecule has 2 rings (SSSR count). The maximum atomic E-state index is 12.1. The minimum Gasteiger partial charge on any atom is -0.497 e. The van der Waals surface area contributed by atoms with Crippen LogP contribution >= 0.6 is 0 Å². The van der Waals surface area contributed by atoms with Gasteiger partial charge in [-0.1, -0.05) is 25.7 Å². The molecule has 19 heavy (non-hydrogen) atoms. The van der Waals surface area contributed by atoms with Gasteiger partial charge >= 0.3 is 6.03 Å². The average Bonchev–Trinajstić information content (AvgIpc) is 2.37. The summed E-state index contributed by atoms with van der Waals surface area (Å²) in [6.07, 6.45) is 0.980. The SMILES string of the molecule is COc1cccc(N2CCCNC2=O)c1[Si](C)(C)C. The van der Waals surface area contributed by atoms with Crippen LogP contribution in [0.4, 0.5) is 10.5 Å². The number of nitrogens with zero attached hydrogens (tertiary/aromatic N) is 1. The fourth-order valence-electron chi connectivity index (χ4n) is 2.53. The van der Waals surface area contributed by atoms with Gasteiger partial charge in [-0.2, -0.15) is 0 Å². The Morgan fingerprint density at radius 3 is 2.63 bits per heavy atom. The largest absolute Gasteiger partial charge is 0.497 e. The highest BCUT2D eigenvalue weighted by molar-refractivity contribution is 6.90. The fourth-order valence-corrected chi connectivity index (χ4v) is 4.44. The van der Waals surface area contributed by atoms with Crippen molar-refractivity contribution in [2.45, 2.75) is 26.1 Å². The maximum Gasteiger partial charge on any atom is 0.321 e. The van der Waals surface area contributed by atoms with Crippen molar-refractivity contribution in [2.24, 2.45) is 0 Å². The van der Waals surface area contributed by atoms with Crippen molar-refractivity contribution in [3.05, 3.63) is 18.2 Å². The molecular formula is C14H22N2O2Si. The number of rotatable bonds is 3. The number of benzene rings is 1. The number of anilines is 1. The van der Waals surface area contributed by atoms with Crippen molar-refractivity contribution in [3.8, 4) is 5.75 Å². The number of methoxy groups -OCH3 is 1. The van der Waals surface area contributed by atoms with Crippen LogP contribution in [0.3, 0.4) is 0 Å². The zero-order chi connectivity index (χ0) is 14.0. The van der Waals surface area contributed by atoms with Crippen molar-refractivity contribution in [1.29, 1.82) is 0 Å². The molecule has 2 amide bonds. The van der Waals surface area contributed by atoms with Gasteiger partial charge in [0.2, 0.25) is 0 Å². The number of hydrogen-bond donors (Lipinski definition) is 1. The second-order valence-electron chi connectivity index (χ2n) is 5.84. The minimum atomic E-state index is -1.60. The van der Waals surface area contributed by atoms with Gasteiger partial charge in [-0.15, -0.1) is 0 Å². The van der Waals surface area contributed by atoms with Crippen LogP contribution in [0.5, 0.6) is 5.75 Å². The van der Waals surface area contributed by atoms with Crippen LogP contribution in [0.2, 0.25) is 19.6 Å². The highest BCUT2D eigenvalue weighted by atomic mass is 28.3. The second kappa shape index (κ2) is 5.25. The van der Waals surface area contributed by atoms with Crippen molar-refractivity contribution in [1.82, 2.24) is 5.32 Å². The molecule has 1 N–H and O–H groups in total. The number of amides is 2. The second-order valence-corrected chi connectivity index (χ2v) is 10.8. The van der Waals surface area contributed by atoms with Crippen molar-refractivity contribution >= 4 is 25.0 Å². The van der Waals surface area contributed by atoms with E-state index in [0.29, 0.717) is 0 Å². The molecule has 0 spiro atoms. The molecule has 0 saturated carbocycles. The number of hydrogen-bond acceptors (Lipinski definition) is 2. The van der Waals surface area contributed by atoms with Crippen molar-refractivity contribution in [3.63, 3.8) is 0 Å². The smallest absolute Gasteiger partial charge is 0.321 e. The van der Waals surface area contributed by atoms with Crippen LogP contribution in [0.15, 0.2) is 18.2 Å². The Labute approximate surface area is 115 Å². The fraction of sp³-hybridized carbons (Fsp3) is 0.500. The standard InChI is InChI=1S/C14H22N2O2Si/c1-18-12-8-5-7-11(13(12)19(2,3)4)16-10-6-9-15-14(16)17/h5,7-8H,6,9-10H2,1-4H3,(H,15,17). The molecule has 1 aromatic rings. The van der Waals surface area contributed by atoms with Gasteiger partial charge in [0.25, 0.3) is 0 Å². The summed E-state index contributed by atoms with van der Waals surface area (Å²) in [5.41, 5.74) is 1.01. The Bertz CT molecular complexity index is 483. The highest BCUT2D eigenvalue weighted by Crippen LogP contribution is 2.24. The molecule has 0 atom stereocenters. The summed E-state index contributed by atoms with van der Waals surface area (Å²) in [6, 6.07) is 5.97. The molecule has 0 aromatic heterocycles. The summed E-state index contributed by atoms with van der Waals surface area (Å²) in [5, 5.41) is 4.13. The highest BCUT2D eigenvalue weighted by Gasteiger charge is 2.30. The van der Waals surface area contributed by atoms with Gasteiger partial charge in [-0.25, -0.2) is 4.79 Å². The summed E-state index contributed by atoms with van der Waals surface area (Å²) >= 11 is 0. The third-order valence-corrected chi connectivity index (χ3v) is 5.35. The molecule has 1 aromatic carbocycles. The van der Waals surface area contributed by atoms with E-state index in [1.807, 2.05) is 23.1 Å². The maximum absolute atomic E-state index is 12.1. The first-order valence-corrected chi connectivity index (χ1v) is 10.2. The van der Waals surface area contributed by atoms with Crippen molar-refractivity contribution in [2.75, 3.05) is 25.1 Å². The minimum absolute atomic E-state index is 0.000923. The van der Waals surface area contributed by atoms with E-state index < -0.39 is 8.07 Å². The van der Waals surface area contributed by atoms with E-state index in [9.17, 15) is 4.79 Å². The van der Waals surface area contributed by atoms with Crippen molar-refractivity contribution < 1.29 is 9.53 Å². The van der Waals surface area contributed by atoms with Crippen LogP contribution in [-0.2, 0) is 0 Å². The first-order chi connectivity index (χ1) is 8.95. The van der Waals surface area contributed by atoms with Gasteiger partial charge in [-0.3, -0.25) is 4.90 Å². The molecule has 4 nitrogen and oxygen atoms in total. The lowest BCUT2D eigenvalue weighted by Crippen LogP contribution is -2.51. The van der Waals surface area contributed by atoms with E-state index in [1.165, 1.54) is 5.19 Å². The number of carbonyl (C=O) groups is 1. The molecule has 1 aliphatic rings. The lowest BCUT2D eigenvalue weighted by atomic mass is 10.2. The summed E-state index contributed by atoms with van der Waals surface area (Å²) in [5.74, 6) is 0.898. The monoisotopic (exact) mass is 278 g/mol. The molecule has 0 aliphatic carbocycles. The molecule has 1 saturated heterocycles. The van der Waals surface area contributed by atoms with Gasteiger partial charge < -0.3 is 10.1 Å². The lowest BCUT2D eigenvalue weighted by molar-refractivity contribution is 0.243. The Kier molecular flexibility index (Phi) is 3.85. The number of ether oxygens (including phenoxy) is 1. The van der Waals surface area contributed by atoms with E-state index in [1.54, 1.807) is 7.11 Å². The lowest BCUT2D eigenvalue weighted by Gasteiger charge is -2.33. The normalized spacial score (nSPS) is 16.2. The molecule has 0 unspecified atom stereocenters.